The van der Waals surface area contributed by atoms with Gasteiger partial charge in [0.25, 0.3) is 0 Å². The van der Waals surface area contributed by atoms with E-state index in [2.05, 4.69) is 5.32 Å². The highest BCUT2D eigenvalue weighted by Gasteiger charge is 2.15. The van der Waals surface area contributed by atoms with Crippen LogP contribution in [0.1, 0.15) is 26.7 Å². The van der Waals surface area contributed by atoms with Gasteiger partial charge in [-0.25, -0.2) is 0 Å². The largest absolute Gasteiger partial charge is 0.389 e. The molecule has 0 bridgehead atoms. The van der Waals surface area contributed by atoms with Gasteiger partial charge in [0.15, 0.2) is 0 Å². The zero-order chi connectivity index (χ0) is 11.2. The molecule has 0 rings (SSSR count). The van der Waals surface area contributed by atoms with Gasteiger partial charge in [0.1, 0.15) is 0 Å². The maximum Gasteiger partial charge on any atom is 0.219 e. The fourth-order valence-electron chi connectivity index (χ4n) is 1.37. The van der Waals surface area contributed by atoms with E-state index in [-0.39, 0.29) is 5.91 Å². The third-order valence-electron chi connectivity index (χ3n) is 1.88. The number of hydrogen-bond donors (Lipinski definition) is 2. The van der Waals surface area contributed by atoms with Crippen LogP contribution in [0, 0.1) is 0 Å². The number of carbonyl (C=O) groups is 1. The van der Waals surface area contributed by atoms with E-state index in [9.17, 15) is 9.90 Å². The van der Waals surface area contributed by atoms with Crippen molar-refractivity contribution in [3.8, 4) is 0 Å². The maximum absolute atomic E-state index is 10.9. The molecule has 0 aliphatic heterocycles. The smallest absolute Gasteiger partial charge is 0.219 e. The molecule has 0 aromatic rings. The molecule has 0 radical (unpaired) electrons. The second-order valence-corrected chi connectivity index (χ2v) is 4.33. The fraction of sp³-hybridized carbons (Fsp3) is 0.900. The van der Waals surface area contributed by atoms with Crippen LogP contribution in [0.4, 0.5) is 0 Å². The van der Waals surface area contributed by atoms with Gasteiger partial charge in [-0.2, -0.15) is 0 Å². The predicted molar refractivity (Wildman–Crippen MR) is 57.1 cm³/mol. The van der Waals surface area contributed by atoms with Gasteiger partial charge in [0, 0.05) is 20.0 Å². The first-order valence-electron chi connectivity index (χ1n) is 4.96. The molecule has 0 unspecified atom stereocenters. The Balaban J connectivity index is 3.54. The molecule has 0 aliphatic carbocycles. The molecule has 1 amide bonds. The van der Waals surface area contributed by atoms with Crippen molar-refractivity contribution < 1.29 is 9.90 Å². The van der Waals surface area contributed by atoms with E-state index in [1.165, 1.54) is 0 Å². The lowest BCUT2D eigenvalue weighted by atomic mass is 10.1. The maximum atomic E-state index is 10.9. The minimum absolute atomic E-state index is 0.0710. The molecule has 0 aromatic heterocycles. The molecular weight excluding hydrogens is 180 g/mol. The van der Waals surface area contributed by atoms with E-state index in [4.69, 9.17) is 0 Å². The molecule has 0 spiro atoms. The molecule has 4 heteroatoms. The van der Waals surface area contributed by atoms with Crippen molar-refractivity contribution in [3.63, 3.8) is 0 Å². The van der Waals surface area contributed by atoms with Gasteiger partial charge in [0.05, 0.1) is 5.60 Å². The van der Waals surface area contributed by atoms with E-state index < -0.39 is 5.60 Å². The first-order valence-corrected chi connectivity index (χ1v) is 4.96. The van der Waals surface area contributed by atoms with Crippen LogP contribution in [-0.4, -0.2) is 48.7 Å². The summed E-state index contributed by atoms with van der Waals surface area (Å²) in [5.74, 6) is 0.0710. The Morgan fingerprint density at radius 3 is 2.50 bits per heavy atom. The van der Waals surface area contributed by atoms with Gasteiger partial charge in [-0.1, -0.05) is 0 Å². The van der Waals surface area contributed by atoms with Crippen molar-refractivity contribution in [2.45, 2.75) is 32.3 Å². The summed E-state index contributed by atoms with van der Waals surface area (Å²) < 4.78 is 0. The summed E-state index contributed by atoms with van der Waals surface area (Å²) >= 11 is 0. The van der Waals surface area contributed by atoms with E-state index in [1.54, 1.807) is 20.9 Å². The number of carbonyl (C=O) groups excluding carboxylic acids is 1. The third-order valence-corrected chi connectivity index (χ3v) is 1.88. The van der Waals surface area contributed by atoms with Gasteiger partial charge >= 0.3 is 0 Å². The van der Waals surface area contributed by atoms with Gasteiger partial charge in [-0.3, -0.25) is 4.79 Å². The lowest BCUT2D eigenvalue weighted by molar-refractivity contribution is -0.120. The zero-order valence-electron chi connectivity index (χ0n) is 9.63. The van der Waals surface area contributed by atoms with Crippen LogP contribution in [-0.2, 0) is 4.79 Å². The Hall–Kier alpha value is -0.610. The third kappa shape index (κ3) is 8.01. The molecule has 0 aliphatic rings. The van der Waals surface area contributed by atoms with E-state index in [0.29, 0.717) is 13.0 Å². The monoisotopic (exact) mass is 202 g/mol. The van der Waals surface area contributed by atoms with E-state index >= 15 is 0 Å². The average Bonchev–Trinajstić information content (AvgIpc) is 2.00. The normalized spacial score (nSPS) is 11.9. The van der Waals surface area contributed by atoms with Crippen LogP contribution in [0.15, 0.2) is 0 Å². The number of nitrogens with one attached hydrogen (secondary N) is 1. The standard InChI is InChI=1S/C10H22N2O2/c1-10(2,14)8-12(4)7-5-6-9(13)11-3/h14H,5-8H2,1-4H3,(H,11,13). The van der Waals surface area contributed by atoms with Gasteiger partial charge in [-0.15, -0.1) is 0 Å². The van der Waals surface area contributed by atoms with E-state index in [1.807, 2.05) is 11.9 Å². The molecule has 84 valence electrons. The van der Waals surface area contributed by atoms with Crippen molar-refractivity contribution in [1.29, 1.82) is 0 Å². The number of nitrogens with zero attached hydrogens (tertiary/aromatic N) is 1. The number of likely N-dealkylation sites (N-methyl/N-ethyl adjacent to an activating group) is 1. The molecule has 14 heavy (non-hydrogen) atoms. The Bertz CT molecular complexity index is 175. The van der Waals surface area contributed by atoms with Crippen LogP contribution < -0.4 is 5.32 Å². The second-order valence-electron chi connectivity index (χ2n) is 4.33. The van der Waals surface area contributed by atoms with Crippen molar-refractivity contribution >= 4 is 5.91 Å². The Labute approximate surface area is 86.3 Å². The molecule has 0 fully saturated rings. The molecule has 0 aromatic carbocycles. The highest BCUT2D eigenvalue weighted by molar-refractivity contribution is 5.75. The lowest BCUT2D eigenvalue weighted by Gasteiger charge is -2.25. The predicted octanol–water partition coefficient (Wildman–Crippen LogP) is 0.215. The average molecular weight is 202 g/mol. The first-order chi connectivity index (χ1) is 6.35. The summed E-state index contributed by atoms with van der Waals surface area (Å²) in [6.45, 7) is 5.02. The van der Waals surface area contributed by atoms with Crippen LogP contribution in [0.5, 0.6) is 0 Å². The number of aliphatic hydroxyl groups is 1. The summed E-state index contributed by atoms with van der Waals surface area (Å²) in [7, 11) is 3.59. The lowest BCUT2D eigenvalue weighted by Crippen LogP contribution is -2.36. The molecular formula is C10H22N2O2. The second kappa shape index (κ2) is 5.98. The van der Waals surface area contributed by atoms with Gasteiger partial charge < -0.3 is 15.3 Å². The summed E-state index contributed by atoms with van der Waals surface area (Å²) in [6, 6.07) is 0. The molecule has 0 atom stereocenters. The molecule has 4 nitrogen and oxygen atoms in total. The summed E-state index contributed by atoms with van der Waals surface area (Å²) in [5, 5.41) is 12.1. The number of rotatable bonds is 6. The van der Waals surface area contributed by atoms with Crippen molar-refractivity contribution in [2.75, 3.05) is 27.2 Å². The fourth-order valence-corrected chi connectivity index (χ4v) is 1.37. The summed E-state index contributed by atoms with van der Waals surface area (Å²) in [4.78, 5) is 12.9. The minimum atomic E-state index is -0.665. The summed E-state index contributed by atoms with van der Waals surface area (Å²) in [6.07, 6.45) is 1.37. The molecule has 0 saturated heterocycles. The quantitative estimate of drug-likeness (QED) is 0.647. The van der Waals surface area contributed by atoms with Gasteiger partial charge in [0.2, 0.25) is 5.91 Å². The van der Waals surface area contributed by atoms with Crippen molar-refractivity contribution in [2.24, 2.45) is 0 Å². The molecule has 0 saturated carbocycles. The zero-order valence-corrected chi connectivity index (χ0v) is 9.63. The Kier molecular flexibility index (Phi) is 5.72. The van der Waals surface area contributed by atoms with Crippen LogP contribution >= 0.6 is 0 Å². The van der Waals surface area contributed by atoms with Crippen LogP contribution in [0.25, 0.3) is 0 Å². The SMILES string of the molecule is CNC(=O)CCCN(C)CC(C)(C)O. The topological polar surface area (TPSA) is 52.6 Å². The van der Waals surface area contributed by atoms with Gasteiger partial charge in [-0.05, 0) is 33.9 Å². The summed E-state index contributed by atoms with van der Waals surface area (Å²) in [5.41, 5.74) is -0.665. The molecule has 0 heterocycles. The molecule has 2 N–H and O–H groups in total. The Morgan fingerprint density at radius 1 is 1.50 bits per heavy atom. The Morgan fingerprint density at radius 2 is 2.07 bits per heavy atom. The van der Waals surface area contributed by atoms with Crippen LogP contribution in [0.2, 0.25) is 0 Å². The van der Waals surface area contributed by atoms with Crippen molar-refractivity contribution in [1.82, 2.24) is 10.2 Å². The first kappa shape index (κ1) is 13.4. The van der Waals surface area contributed by atoms with Crippen LogP contribution in [0.3, 0.4) is 0 Å². The number of hydrogen-bond acceptors (Lipinski definition) is 3. The highest BCUT2D eigenvalue weighted by atomic mass is 16.3. The highest BCUT2D eigenvalue weighted by Crippen LogP contribution is 2.03. The number of amides is 1. The van der Waals surface area contributed by atoms with E-state index in [0.717, 1.165) is 13.0 Å². The minimum Gasteiger partial charge on any atom is -0.389 e. The van der Waals surface area contributed by atoms with Crippen molar-refractivity contribution in [3.05, 3.63) is 0 Å².